The minimum atomic E-state index is -0.812. The first-order valence-corrected chi connectivity index (χ1v) is 23.1. The summed E-state index contributed by atoms with van der Waals surface area (Å²) in [5.41, 5.74) is 6.18. The summed E-state index contributed by atoms with van der Waals surface area (Å²) in [4.78, 5) is 49.6. The Hall–Kier alpha value is -6.01. The number of fused-ring (bicyclic) bond motifs is 1. The molecule has 0 aliphatic carbocycles. The van der Waals surface area contributed by atoms with E-state index in [0.29, 0.717) is 91.0 Å². The Balaban J connectivity index is 0.712. The van der Waals surface area contributed by atoms with Gasteiger partial charge in [0.05, 0.1) is 49.0 Å². The molecule has 8 rings (SSSR count). The zero-order valence-electron chi connectivity index (χ0n) is 37.2. The largest absolute Gasteiger partial charge is 0.495 e. The summed E-state index contributed by atoms with van der Waals surface area (Å²) < 4.78 is 32.8. The second kappa shape index (κ2) is 22.9. The van der Waals surface area contributed by atoms with Gasteiger partial charge in [-0.3, -0.25) is 14.9 Å². The molecule has 3 fully saturated rings. The SMILES string of the molecule is O=C(CCOCCNC(O)CCc1ccc(/C=C2/C=CC(c3ccc[nH]3)=N2)n1[B]F)NCCOc1cccc([C@H](c2ccccc2)C2CCN(C(=O)N3CCC4OCC(=O)N[C@@H]4C3)CC2)c1. The highest BCUT2D eigenvalue weighted by molar-refractivity contribution is 6.25. The summed E-state index contributed by atoms with van der Waals surface area (Å²) in [6.07, 6.45) is 10.0. The molecule has 17 heteroatoms. The van der Waals surface area contributed by atoms with Crippen LogP contribution in [0.3, 0.4) is 0 Å². The highest BCUT2D eigenvalue weighted by Crippen LogP contribution is 2.39. The van der Waals surface area contributed by atoms with E-state index in [4.69, 9.17) is 14.2 Å². The van der Waals surface area contributed by atoms with Crippen LogP contribution in [0.2, 0.25) is 0 Å². The maximum absolute atomic E-state index is 14.0. The number of aryl methyl sites for hydroxylation is 1. The monoisotopic (exact) mass is 901 g/mol. The van der Waals surface area contributed by atoms with Crippen molar-refractivity contribution in [3.05, 3.63) is 131 Å². The van der Waals surface area contributed by atoms with Gasteiger partial charge < -0.3 is 53.5 Å². The Kier molecular flexibility index (Phi) is 16.2. The Morgan fingerprint density at radius 2 is 1.79 bits per heavy atom. The number of aromatic amines is 1. The van der Waals surface area contributed by atoms with Crippen molar-refractivity contribution in [3.63, 3.8) is 0 Å². The fraction of sp³-hybridized carbons (Fsp3) is 0.429. The van der Waals surface area contributed by atoms with Crippen molar-refractivity contribution in [2.24, 2.45) is 10.9 Å². The first-order valence-electron chi connectivity index (χ1n) is 23.1. The number of aliphatic imine (C=N–C) groups is 1. The van der Waals surface area contributed by atoms with E-state index in [-0.39, 0.29) is 55.5 Å². The predicted octanol–water partition coefficient (Wildman–Crippen LogP) is 4.56. The summed E-state index contributed by atoms with van der Waals surface area (Å²) in [6.45, 7) is 4.07. The standard InChI is InChI=1S/C49H59BFN8O7/c51-50-59-38(12-13-39(59)31-37-11-15-42(55-37)41-10-5-21-52-41)14-16-45(60)53-22-28-64-27-20-46(61)54-23-29-65-40-9-4-8-36(30-40)48(34-6-2-1-3-7-34)35-17-24-57(25-18-35)49(63)58-26-19-44-43(32-58)56-47(62)33-66-44/h1-13,15,21,30-31,35,43-45,48,52-53,60H,14,16-20,22-29,32-33H2,(H,54,61)(H,56,62)/b37-31-/t43-,44?,45?,48-/m1/s1. The molecule has 2 aromatic heterocycles. The lowest BCUT2D eigenvalue weighted by Crippen LogP contribution is -2.62. The minimum absolute atomic E-state index is 0.0259. The topological polar surface area (TPSA) is 175 Å². The molecule has 4 atom stereocenters. The van der Waals surface area contributed by atoms with E-state index in [9.17, 15) is 23.8 Å². The first-order chi connectivity index (χ1) is 32.3. The third kappa shape index (κ3) is 12.3. The normalized spacial score (nSPS) is 20.1. The van der Waals surface area contributed by atoms with Crippen molar-refractivity contribution in [1.29, 1.82) is 0 Å². The number of halogens is 1. The molecule has 0 bridgehead atoms. The van der Waals surface area contributed by atoms with E-state index < -0.39 is 6.23 Å². The molecular formula is C49H59BFN8O7. The third-order valence-corrected chi connectivity index (χ3v) is 12.7. The van der Waals surface area contributed by atoms with Crippen LogP contribution in [0.5, 0.6) is 5.75 Å². The third-order valence-electron chi connectivity index (χ3n) is 12.7. The predicted molar refractivity (Wildman–Crippen MR) is 250 cm³/mol. The van der Waals surface area contributed by atoms with Crippen molar-refractivity contribution in [2.75, 3.05) is 65.7 Å². The fourth-order valence-corrected chi connectivity index (χ4v) is 9.29. The van der Waals surface area contributed by atoms with Crippen LogP contribution in [0.4, 0.5) is 9.11 Å². The summed E-state index contributed by atoms with van der Waals surface area (Å²) in [6, 6.07) is 26.0. The van der Waals surface area contributed by atoms with Gasteiger partial charge in [0.1, 0.15) is 25.2 Å². The number of amides is 4. The number of carbonyl (C=O) groups is 3. The number of aromatic nitrogens is 2. The number of carbonyl (C=O) groups excluding carboxylic acids is 3. The van der Waals surface area contributed by atoms with E-state index >= 15 is 0 Å². The molecule has 2 unspecified atom stereocenters. The van der Waals surface area contributed by atoms with E-state index in [1.165, 1.54) is 10.0 Å². The summed E-state index contributed by atoms with van der Waals surface area (Å²) in [7, 11) is 0.523. The molecule has 66 heavy (non-hydrogen) atoms. The molecule has 2 aromatic carbocycles. The summed E-state index contributed by atoms with van der Waals surface area (Å²) >= 11 is 0. The Morgan fingerprint density at radius 3 is 2.61 bits per heavy atom. The van der Waals surface area contributed by atoms with Gasteiger partial charge in [0, 0.05) is 62.6 Å². The lowest BCUT2D eigenvalue weighted by Gasteiger charge is -2.44. The lowest BCUT2D eigenvalue weighted by molar-refractivity contribution is -0.139. The highest BCUT2D eigenvalue weighted by Gasteiger charge is 2.39. The molecule has 6 heterocycles. The van der Waals surface area contributed by atoms with E-state index in [1.54, 1.807) is 0 Å². The average Bonchev–Trinajstić information content (AvgIpc) is 4.14. The molecule has 347 valence electrons. The number of nitrogens with zero attached hydrogens (tertiary/aromatic N) is 4. The van der Waals surface area contributed by atoms with E-state index in [1.807, 2.05) is 76.7 Å². The molecule has 1 radical (unpaired) electrons. The second-order valence-electron chi connectivity index (χ2n) is 17.1. The van der Waals surface area contributed by atoms with Gasteiger partial charge in [-0.15, -0.1) is 0 Å². The number of hydrogen-bond acceptors (Lipinski definition) is 9. The van der Waals surface area contributed by atoms with Gasteiger partial charge in [0.25, 0.3) is 0 Å². The van der Waals surface area contributed by atoms with Gasteiger partial charge in [-0.25, -0.2) is 9.79 Å². The van der Waals surface area contributed by atoms with Crippen molar-refractivity contribution in [2.45, 2.75) is 62.8 Å². The van der Waals surface area contributed by atoms with Crippen LogP contribution in [0.1, 0.15) is 66.2 Å². The maximum atomic E-state index is 14.0. The number of benzene rings is 2. The molecule has 3 saturated heterocycles. The van der Waals surface area contributed by atoms with E-state index in [0.717, 1.165) is 47.0 Å². The molecule has 15 nitrogen and oxygen atoms in total. The smallest absolute Gasteiger partial charge is 0.492 e. The Bertz CT molecular complexity index is 2330. The molecule has 4 amide bonds. The zero-order valence-corrected chi connectivity index (χ0v) is 37.2. The molecular weight excluding hydrogens is 842 g/mol. The van der Waals surface area contributed by atoms with Crippen molar-refractivity contribution >= 4 is 37.3 Å². The molecule has 4 aromatic rings. The number of allylic oxidation sites excluding steroid dienone is 2. The number of H-pyrrole nitrogens is 1. The van der Waals surface area contributed by atoms with Crippen LogP contribution in [0.15, 0.2) is 108 Å². The number of aliphatic hydroxyl groups is 1. The number of likely N-dealkylation sites (tertiary alicyclic amines) is 2. The van der Waals surface area contributed by atoms with Gasteiger partial charge in [0.2, 0.25) is 11.8 Å². The van der Waals surface area contributed by atoms with Crippen LogP contribution >= 0.6 is 0 Å². The maximum Gasteiger partial charge on any atom is 0.495 e. The van der Waals surface area contributed by atoms with Crippen LogP contribution in [0.25, 0.3) is 6.08 Å². The number of hydrogen-bond donors (Lipinski definition) is 5. The second-order valence-corrected chi connectivity index (χ2v) is 17.1. The zero-order chi connectivity index (χ0) is 45.7. The van der Waals surface area contributed by atoms with Crippen molar-refractivity contribution in [3.8, 4) is 5.75 Å². The van der Waals surface area contributed by atoms with Gasteiger partial charge in [-0.1, -0.05) is 42.5 Å². The number of aliphatic hydroxyl groups excluding tert-OH is 1. The number of urea groups is 1. The lowest BCUT2D eigenvalue weighted by atomic mass is 9.76. The minimum Gasteiger partial charge on any atom is -0.492 e. The Morgan fingerprint density at radius 1 is 0.955 bits per heavy atom. The number of nitrogens with one attached hydrogen (secondary N) is 4. The van der Waals surface area contributed by atoms with Crippen molar-refractivity contribution < 1.29 is 38.0 Å². The summed E-state index contributed by atoms with van der Waals surface area (Å²) in [5.74, 6) is 0.882. The number of ether oxygens (including phenoxy) is 3. The number of rotatable bonds is 20. The van der Waals surface area contributed by atoms with Crippen LogP contribution in [-0.4, -0.2) is 140 Å². The van der Waals surface area contributed by atoms with E-state index in [2.05, 4.69) is 62.3 Å². The van der Waals surface area contributed by atoms with Crippen LogP contribution in [0, 0.1) is 5.92 Å². The van der Waals surface area contributed by atoms with Gasteiger partial charge in [-0.2, -0.15) is 0 Å². The number of morpholine rings is 1. The molecule has 0 saturated carbocycles. The fourth-order valence-electron chi connectivity index (χ4n) is 9.29. The Labute approximate surface area is 385 Å². The summed E-state index contributed by atoms with van der Waals surface area (Å²) in [5, 5.41) is 19.4. The van der Waals surface area contributed by atoms with Crippen LogP contribution in [-0.2, 0) is 25.5 Å². The molecule has 0 spiro atoms. The van der Waals surface area contributed by atoms with Gasteiger partial charge in [-0.05, 0) is 104 Å². The number of piperidine rings is 2. The van der Waals surface area contributed by atoms with Gasteiger partial charge >= 0.3 is 13.7 Å². The highest BCUT2D eigenvalue weighted by atomic mass is 19.1. The molecule has 4 aliphatic rings. The molecule has 5 N–H and O–H groups in total. The average molecular weight is 902 g/mol. The van der Waals surface area contributed by atoms with Crippen molar-refractivity contribution in [1.82, 2.24) is 35.2 Å². The first kappa shape index (κ1) is 46.5. The van der Waals surface area contributed by atoms with Gasteiger partial charge in [0.15, 0.2) is 0 Å². The van der Waals surface area contributed by atoms with Crippen LogP contribution < -0.4 is 20.7 Å². The molecule has 4 aliphatic heterocycles. The quantitative estimate of drug-likeness (QED) is 0.0488.